The molecule has 0 fully saturated rings. The van der Waals surface area contributed by atoms with Gasteiger partial charge in [-0.05, 0) is 18.6 Å². The minimum atomic E-state index is -0.763. The van der Waals surface area contributed by atoms with Crippen molar-refractivity contribution in [2.45, 2.75) is 6.92 Å². The first-order chi connectivity index (χ1) is 6.58. The van der Waals surface area contributed by atoms with Gasteiger partial charge in [0.1, 0.15) is 16.3 Å². The van der Waals surface area contributed by atoms with Crippen LogP contribution < -0.4 is 0 Å². The number of hydrogen-bond acceptors (Lipinski definition) is 2. The van der Waals surface area contributed by atoms with Crippen LogP contribution in [0.15, 0.2) is 12.1 Å². The number of aromatic amines is 1. The second-order valence-corrected chi connectivity index (χ2v) is 3.36. The highest BCUT2D eigenvalue weighted by Gasteiger charge is 2.12. The third kappa shape index (κ3) is 1.39. The van der Waals surface area contributed by atoms with Crippen molar-refractivity contribution in [2.75, 3.05) is 0 Å². The number of aryl methyl sites for hydroxylation is 1. The maximum atomic E-state index is 13.2. The lowest BCUT2D eigenvalue weighted by molar-refractivity contribution is 0.551. The van der Waals surface area contributed by atoms with Crippen LogP contribution in [0.2, 0.25) is 0 Å². The molecule has 0 aromatic carbocycles. The van der Waals surface area contributed by atoms with Gasteiger partial charge in [-0.15, -0.1) is 0 Å². The Morgan fingerprint density at radius 1 is 1.36 bits per heavy atom. The third-order valence-corrected chi connectivity index (χ3v) is 2.33. The van der Waals surface area contributed by atoms with Crippen LogP contribution in [0.5, 0.6) is 0 Å². The third-order valence-electron chi connectivity index (χ3n) is 1.92. The summed E-state index contributed by atoms with van der Waals surface area (Å²) < 4.78 is 26.3. The molecule has 0 aromatic heterocycles. The minimum Gasteiger partial charge on any atom is -0.316 e. The van der Waals surface area contributed by atoms with Crippen molar-refractivity contribution >= 4 is 12.2 Å². The van der Waals surface area contributed by atoms with Crippen LogP contribution >= 0.6 is 12.2 Å². The molecule has 72 valence electrons. The fourth-order valence-electron chi connectivity index (χ4n) is 1.21. The lowest BCUT2D eigenvalue weighted by Gasteiger charge is -2.06. The molecule has 0 saturated carbocycles. The fraction of sp³-hybridized carbons (Fsp3) is 0.111. The summed E-state index contributed by atoms with van der Waals surface area (Å²) >= 11 is 4.89. The second-order valence-electron chi connectivity index (χ2n) is 2.97. The quantitative estimate of drug-likeness (QED) is 0.537. The predicted molar refractivity (Wildman–Crippen MR) is 50.7 cm³/mol. The van der Waals surface area contributed by atoms with Gasteiger partial charge in [0.25, 0.3) is 0 Å². The second kappa shape index (κ2) is 3.09. The summed E-state index contributed by atoms with van der Waals surface area (Å²) in [5.74, 6) is -1.26. The maximum Gasteiger partial charge on any atom is 0.195 e. The first-order valence-corrected chi connectivity index (χ1v) is 4.34. The highest BCUT2D eigenvalue weighted by atomic mass is 32.1. The number of aromatic nitrogens is 2. The number of hydrogen-bond donors (Lipinski definition) is 1. The van der Waals surface area contributed by atoms with Crippen LogP contribution in [0, 0.1) is 23.3 Å². The van der Waals surface area contributed by atoms with Crippen LogP contribution in [-0.4, -0.2) is 9.97 Å². The van der Waals surface area contributed by atoms with E-state index < -0.39 is 11.8 Å². The Labute approximate surface area is 84.0 Å². The number of pyridine rings is 2. The number of nitrogens with zero attached hydrogens (tertiary/aromatic N) is 1. The number of nitrogens with one attached hydrogen (secondary N) is 1. The molecule has 0 bridgehead atoms. The van der Waals surface area contributed by atoms with E-state index in [0.29, 0.717) is 10.2 Å². The average Bonchev–Trinajstić information content (AvgIpc) is 2.08. The molecule has 5 heteroatoms. The molecular weight excluding hydrogens is 206 g/mol. The van der Waals surface area contributed by atoms with E-state index in [4.69, 9.17) is 12.2 Å². The summed E-state index contributed by atoms with van der Waals surface area (Å²) in [4.78, 5) is 6.19. The molecule has 2 aliphatic heterocycles. The van der Waals surface area contributed by atoms with E-state index in [1.807, 2.05) is 0 Å². The molecule has 2 nitrogen and oxygen atoms in total. The van der Waals surface area contributed by atoms with Gasteiger partial charge in [-0.1, -0.05) is 12.2 Å². The van der Waals surface area contributed by atoms with Crippen LogP contribution in [0.4, 0.5) is 8.78 Å². The first-order valence-electron chi connectivity index (χ1n) is 3.93. The summed E-state index contributed by atoms with van der Waals surface area (Å²) in [5.41, 5.74) is 0.948. The van der Waals surface area contributed by atoms with Crippen molar-refractivity contribution in [2.24, 2.45) is 0 Å². The normalized spacial score (nSPS) is 10.8. The Kier molecular flexibility index (Phi) is 2.03. The zero-order valence-corrected chi connectivity index (χ0v) is 8.08. The number of fused-ring (bicyclic) bond motifs is 1. The molecule has 2 aliphatic rings. The molecule has 0 unspecified atom stereocenters. The standard InChI is InChI=1S/C9H6F2N2S/c1-4-2-5-6(10)3-7(11)12-8(5)13-9(4)14/h2-3H,1H3,(H,12,13,14). The maximum absolute atomic E-state index is 13.2. The summed E-state index contributed by atoms with van der Waals surface area (Å²) in [6.45, 7) is 1.73. The number of halogens is 2. The number of rotatable bonds is 0. The molecule has 2 heterocycles. The summed E-state index contributed by atoms with van der Waals surface area (Å²) in [6.07, 6.45) is 0. The highest BCUT2D eigenvalue weighted by Crippen LogP contribution is 2.22. The first kappa shape index (κ1) is 9.21. The van der Waals surface area contributed by atoms with Gasteiger partial charge in [0, 0.05) is 6.07 Å². The molecule has 0 aliphatic carbocycles. The number of H-pyrrole nitrogens is 1. The average molecular weight is 212 g/mol. The lowest BCUT2D eigenvalue weighted by atomic mass is 10.1. The van der Waals surface area contributed by atoms with Crippen molar-refractivity contribution < 1.29 is 8.78 Å². The molecule has 1 N–H and O–H groups in total. The van der Waals surface area contributed by atoms with Gasteiger partial charge in [0.15, 0.2) is 5.95 Å². The molecule has 0 atom stereocenters. The van der Waals surface area contributed by atoms with Crippen molar-refractivity contribution in [1.82, 2.24) is 9.97 Å². The van der Waals surface area contributed by atoms with E-state index in [2.05, 4.69) is 9.97 Å². The summed E-state index contributed by atoms with van der Waals surface area (Å²) in [7, 11) is 0. The zero-order valence-electron chi connectivity index (χ0n) is 7.27. The van der Waals surface area contributed by atoms with Gasteiger partial charge >= 0.3 is 0 Å². The Balaban J connectivity index is 2.89. The van der Waals surface area contributed by atoms with Crippen LogP contribution in [0.1, 0.15) is 5.56 Å². The van der Waals surface area contributed by atoms with Crippen LogP contribution in [0.3, 0.4) is 0 Å². The Hall–Kier alpha value is -1.36. The SMILES string of the molecule is Cc1cc2c(F)cc(F)[nH]c-2nc1=S. The monoisotopic (exact) mass is 212 g/mol. The van der Waals surface area contributed by atoms with Crippen molar-refractivity contribution in [1.29, 1.82) is 0 Å². The van der Waals surface area contributed by atoms with E-state index in [-0.39, 0.29) is 11.4 Å². The molecular formula is C9H6F2N2S. The largest absolute Gasteiger partial charge is 0.316 e. The van der Waals surface area contributed by atoms with Crippen molar-refractivity contribution in [3.05, 3.63) is 34.1 Å². The molecule has 0 spiro atoms. The molecule has 14 heavy (non-hydrogen) atoms. The van der Waals surface area contributed by atoms with E-state index in [1.165, 1.54) is 0 Å². The van der Waals surface area contributed by atoms with E-state index in [9.17, 15) is 8.78 Å². The van der Waals surface area contributed by atoms with Crippen LogP contribution in [-0.2, 0) is 0 Å². The molecule has 0 radical (unpaired) electrons. The van der Waals surface area contributed by atoms with Crippen LogP contribution in [0.25, 0.3) is 11.4 Å². The Morgan fingerprint density at radius 2 is 2.07 bits per heavy atom. The zero-order chi connectivity index (χ0) is 10.3. The fourth-order valence-corrected chi connectivity index (χ4v) is 1.36. The molecule has 0 saturated heterocycles. The van der Waals surface area contributed by atoms with E-state index in [0.717, 1.165) is 6.07 Å². The Morgan fingerprint density at radius 3 is 2.79 bits per heavy atom. The molecule has 2 rings (SSSR count). The van der Waals surface area contributed by atoms with Gasteiger partial charge in [-0.2, -0.15) is 4.39 Å². The Bertz CT molecular complexity index is 521. The summed E-state index contributed by atoms with van der Waals surface area (Å²) in [5, 5.41) is 0. The van der Waals surface area contributed by atoms with Gasteiger partial charge in [-0.3, -0.25) is 0 Å². The predicted octanol–water partition coefficient (Wildman–Crippen LogP) is 2.83. The lowest BCUT2D eigenvalue weighted by Crippen LogP contribution is -1.99. The molecule has 0 amide bonds. The van der Waals surface area contributed by atoms with Gasteiger partial charge in [0.2, 0.25) is 0 Å². The van der Waals surface area contributed by atoms with E-state index in [1.54, 1.807) is 13.0 Å². The van der Waals surface area contributed by atoms with Gasteiger partial charge in [-0.25, -0.2) is 9.37 Å². The highest BCUT2D eigenvalue weighted by molar-refractivity contribution is 7.71. The van der Waals surface area contributed by atoms with Gasteiger partial charge in [0.05, 0.1) is 5.56 Å². The minimum absolute atomic E-state index is 0.137. The van der Waals surface area contributed by atoms with Crippen molar-refractivity contribution in [3.63, 3.8) is 0 Å². The smallest absolute Gasteiger partial charge is 0.195 e. The van der Waals surface area contributed by atoms with E-state index >= 15 is 0 Å². The summed E-state index contributed by atoms with van der Waals surface area (Å²) in [6, 6.07) is 2.34. The molecule has 0 aromatic rings. The van der Waals surface area contributed by atoms with Crippen molar-refractivity contribution in [3.8, 4) is 11.4 Å². The topological polar surface area (TPSA) is 28.7 Å². The van der Waals surface area contributed by atoms with Gasteiger partial charge < -0.3 is 4.98 Å².